The van der Waals surface area contributed by atoms with E-state index in [2.05, 4.69) is 28.5 Å². The van der Waals surface area contributed by atoms with Gasteiger partial charge in [-0.3, -0.25) is 9.59 Å². The highest BCUT2D eigenvalue weighted by molar-refractivity contribution is 5.96. The number of nitrogens with zero attached hydrogens (tertiary/aromatic N) is 2. The number of benzene rings is 1. The Hall–Kier alpha value is -3.35. The summed E-state index contributed by atoms with van der Waals surface area (Å²) in [6.45, 7) is 4.51. The number of rotatable bonds is 7. The normalized spacial score (nSPS) is 13.9. The summed E-state index contributed by atoms with van der Waals surface area (Å²) in [6.07, 6.45) is 5.52. The Balaban J connectivity index is 1.34. The number of aryl methyl sites for hydroxylation is 1. The third kappa shape index (κ3) is 5.42. The van der Waals surface area contributed by atoms with Crippen LogP contribution in [0.5, 0.6) is 0 Å². The number of fused-ring (bicyclic) bond motifs is 1. The summed E-state index contributed by atoms with van der Waals surface area (Å²) >= 11 is 0. The first-order valence-corrected chi connectivity index (χ1v) is 10.8. The standard InChI is InChI=1S/C24H28N4O3/c1-17-14-22(28-11-3-2-4-12-28)27-21-8-7-18(15-20(17)21)26-24(30)10-9-23(29)25-16-19-6-5-13-31-19/h5-8,13-15H,2-4,9-12,16H2,1H3,(H,25,29)(H,26,30). The molecule has 1 fully saturated rings. The lowest BCUT2D eigenvalue weighted by Gasteiger charge is -2.28. The quantitative estimate of drug-likeness (QED) is 0.599. The van der Waals surface area contributed by atoms with E-state index in [-0.39, 0.29) is 24.7 Å². The van der Waals surface area contributed by atoms with Crippen molar-refractivity contribution in [3.8, 4) is 0 Å². The maximum atomic E-state index is 12.3. The number of furan rings is 1. The summed E-state index contributed by atoms with van der Waals surface area (Å²) in [5.41, 5.74) is 2.78. The van der Waals surface area contributed by atoms with Gasteiger partial charge in [0.1, 0.15) is 11.6 Å². The summed E-state index contributed by atoms with van der Waals surface area (Å²) in [7, 11) is 0. The fourth-order valence-electron chi connectivity index (χ4n) is 3.88. The Morgan fingerprint density at radius 2 is 1.87 bits per heavy atom. The molecule has 2 amide bonds. The van der Waals surface area contributed by atoms with Gasteiger partial charge in [-0.05, 0) is 68.1 Å². The molecule has 2 N–H and O–H groups in total. The van der Waals surface area contributed by atoms with Crippen LogP contribution in [0.2, 0.25) is 0 Å². The molecule has 0 saturated carbocycles. The average molecular weight is 421 g/mol. The first-order valence-electron chi connectivity index (χ1n) is 10.8. The number of aromatic nitrogens is 1. The van der Waals surface area contributed by atoms with Crippen molar-refractivity contribution >= 4 is 34.2 Å². The van der Waals surface area contributed by atoms with Crippen LogP contribution >= 0.6 is 0 Å². The number of amides is 2. The molecule has 7 heteroatoms. The maximum Gasteiger partial charge on any atom is 0.224 e. The number of anilines is 2. The minimum Gasteiger partial charge on any atom is -0.467 e. The molecule has 0 unspecified atom stereocenters. The van der Waals surface area contributed by atoms with Gasteiger partial charge in [0.2, 0.25) is 11.8 Å². The summed E-state index contributed by atoms with van der Waals surface area (Å²) in [4.78, 5) is 31.4. The van der Waals surface area contributed by atoms with E-state index in [0.717, 1.165) is 35.4 Å². The van der Waals surface area contributed by atoms with Crippen LogP contribution in [-0.4, -0.2) is 29.9 Å². The van der Waals surface area contributed by atoms with Gasteiger partial charge in [-0.1, -0.05) is 0 Å². The van der Waals surface area contributed by atoms with Crippen molar-refractivity contribution < 1.29 is 14.0 Å². The van der Waals surface area contributed by atoms with E-state index < -0.39 is 0 Å². The van der Waals surface area contributed by atoms with E-state index in [9.17, 15) is 9.59 Å². The lowest BCUT2D eigenvalue weighted by atomic mass is 10.1. The molecular formula is C24H28N4O3. The molecule has 4 rings (SSSR count). The molecule has 2 aromatic heterocycles. The predicted molar refractivity (Wildman–Crippen MR) is 121 cm³/mol. The summed E-state index contributed by atoms with van der Waals surface area (Å²) in [5.74, 6) is 1.34. The summed E-state index contributed by atoms with van der Waals surface area (Å²) in [5, 5.41) is 6.65. The van der Waals surface area contributed by atoms with E-state index >= 15 is 0 Å². The highest BCUT2D eigenvalue weighted by Gasteiger charge is 2.14. The number of hydrogen-bond donors (Lipinski definition) is 2. The molecule has 162 valence electrons. The molecule has 1 aromatic carbocycles. The van der Waals surface area contributed by atoms with Crippen molar-refractivity contribution in [3.05, 3.63) is 54.0 Å². The van der Waals surface area contributed by atoms with Gasteiger partial charge >= 0.3 is 0 Å². The first-order chi connectivity index (χ1) is 15.1. The van der Waals surface area contributed by atoms with Gasteiger partial charge in [0.25, 0.3) is 0 Å². The number of pyridine rings is 1. The Bertz CT molecular complexity index is 1060. The smallest absolute Gasteiger partial charge is 0.224 e. The number of carbonyl (C=O) groups excluding carboxylic acids is 2. The second-order valence-corrected chi connectivity index (χ2v) is 7.98. The molecule has 1 aliphatic rings. The third-order valence-electron chi connectivity index (χ3n) is 5.58. The average Bonchev–Trinajstić information content (AvgIpc) is 3.31. The second-order valence-electron chi connectivity index (χ2n) is 7.98. The first kappa shape index (κ1) is 20.9. The fraction of sp³-hybridized carbons (Fsp3) is 0.375. The van der Waals surface area contributed by atoms with Crippen molar-refractivity contribution in [2.75, 3.05) is 23.3 Å². The maximum absolute atomic E-state index is 12.3. The van der Waals surface area contributed by atoms with Gasteiger partial charge in [-0.2, -0.15) is 0 Å². The van der Waals surface area contributed by atoms with Crippen LogP contribution in [0, 0.1) is 6.92 Å². The number of piperidine rings is 1. The van der Waals surface area contributed by atoms with Crippen molar-refractivity contribution in [3.63, 3.8) is 0 Å². The molecular weight excluding hydrogens is 392 g/mol. The van der Waals surface area contributed by atoms with Crippen LogP contribution in [0.25, 0.3) is 10.9 Å². The highest BCUT2D eigenvalue weighted by Crippen LogP contribution is 2.27. The zero-order valence-corrected chi connectivity index (χ0v) is 17.8. The summed E-state index contributed by atoms with van der Waals surface area (Å²) in [6, 6.07) is 11.4. The van der Waals surface area contributed by atoms with Gasteiger partial charge in [0, 0.05) is 37.0 Å². The molecule has 7 nitrogen and oxygen atoms in total. The van der Waals surface area contributed by atoms with Gasteiger partial charge in [-0.25, -0.2) is 4.98 Å². The van der Waals surface area contributed by atoms with Crippen LogP contribution in [-0.2, 0) is 16.1 Å². The Morgan fingerprint density at radius 3 is 2.65 bits per heavy atom. The van der Waals surface area contributed by atoms with Gasteiger partial charge in [0.15, 0.2) is 0 Å². The third-order valence-corrected chi connectivity index (χ3v) is 5.58. The zero-order chi connectivity index (χ0) is 21.6. The minimum absolute atomic E-state index is 0.118. The van der Waals surface area contributed by atoms with E-state index in [1.807, 2.05) is 18.2 Å². The van der Waals surface area contributed by atoms with Crippen LogP contribution in [0.4, 0.5) is 11.5 Å². The lowest BCUT2D eigenvalue weighted by molar-refractivity contribution is -0.124. The second kappa shape index (κ2) is 9.64. The number of carbonyl (C=O) groups is 2. The predicted octanol–water partition coefficient (Wildman–Crippen LogP) is 4.16. The Labute approximate surface area is 181 Å². The molecule has 1 saturated heterocycles. The zero-order valence-electron chi connectivity index (χ0n) is 17.8. The van der Waals surface area contributed by atoms with Crippen molar-refractivity contribution in [2.24, 2.45) is 0 Å². The molecule has 0 radical (unpaired) electrons. The van der Waals surface area contributed by atoms with Crippen LogP contribution < -0.4 is 15.5 Å². The molecule has 1 aliphatic heterocycles. The van der Waals surface area contributed by atoms with Gasteiger partial charge in [0.05, 0.1) is 18.3 Å². The van der Waals surface area contributed by atoms with E-state index in [4.69, 9.17) is 9.40 Å². The number of hydrogen-bond acceptors (Lipinski definition) is 5. The highest BCUT2D eigenvalue weighted by atomic mass is 16.3. The summed E-state index contributed by atoms with van der Waals surface area (Å²) < 4.78 is 5.17. The van der Waals surface area contributed by atoms with Crippen LogP contribution in [0.15, 0.2) is 47.1 Å². The topological polar surface area (TPSA) is 87.5 Å². The monoisotopic (exact) mass is 420 g/mol. The molecule has 0 spiro atoms. The molecule has 0 atom stereocenters. The van der Waals surface area contributed by atoms with Crippen molar-refractivity contribution in [1.82, 2.24) is 10.3 Å². The molecule has 0 bridgehead atoms. The minimum atomic E-state index is -0.192. The van der Waals surface area contributed by atoms with Gasteiger partial charge in [-0.15, -0.1) is 0 Å². The van der Waals surface area contributed by atoms with E-state index in [0.29, 0.717) is 18.0 Å². The Morgan fingerprint density at radius 1 is 1.06 bits per heavy atom. The fourth-order valence-corrected chi connectivity index (χ4v) is 3.88. The Kier molecular flexibility index (Phi) is 6.50. The van der Waals surface area contributed by atoms with Gasteiger partial charge < -0.3 is 20.0 Å². The molecule has 3 aromatic rings. The molecule has 3 heterocycles. The molecule has 31 heavy (non-hydrogen) atoms. The van der Waals surface area contributed by atoms with E-state index in [1.165, 1.54) is 19.3 Å². The number of nitrogens with one attached hydrogen (secondary N) is 2. The van der Waals surface area contributed by atoms with Crippen molar-refractivity contribution in [1.29, 1.82) is 0 Å². The SMILES string of the molecule is Cc1cc(N2CCCCC2)nc2ccc(NC(=O)CCC(=O)NCc3ccco3)cc12. The molecule has 0 aliphatic carbocycles. The largest absolute Gasteiger partial charge is 0.467 e. The lowest BCUT2D eigenvalue weighted by Crippen LogP contribution is -2.30. The van der Waals surface area contributed by atoms with Crippen LogP contribution in [0.3, 0.4) is 0 Å². The van der Waals surface area contributed by atoms with Crippen molar-refractivity contribution in [2.45, 2.75) is 45.6 Å². The van der Waals surface area contributed by atoms with E-state index in [1.54, 1.807) is 18.4 Å². The van der Waals surface area contributed by atoms with Crippen LogP contribution in [0.1, 0.15) is 43.4 Å².